The van der Waals surface area contributed by atoms with Gasteiger partial charge in [0.05, 0.1) is 36.3 Å². The Morgan fingerprint density at radius 1 is 1.07 bits per heavy atom. The van der Waals surface area contributed by atoms with E-state index in [-0.39, 0.29) is 30.0 Å². The van der Waals surface area contributed by atoms with Crippen molar-refractivity contribution in [2.45, 2.75) is 19.7 Å². The number of carboxylic acids is 1. The van der Waals surface area contributed by atoms with Crippen molar-refractivity contribution in [1.82, 2.24) is 14.1 Å². The number of methoxy groups -OCH3 is 1. The highest BCUT2D eigenvalue weighted by Crippen LogP contribution is 2.25. The Balaban J connectivity index is 1.37. The number of benzene rings is 3. The summed E-state index contributed by atoms with van der Waals surface area (Å²) >= 11 is 0. The Labute approximate surface area is 234 Å². The van der Waals surface area contributed by atoms with Crippen molar-refractivity contribution in [3.05, 3.63) is 124 Å². The first kappa shape index (κ1) is 27.3. The average molecular weight is 553 g/mol. The van der Waals surface area contributed by atoms with E-state index >= 15 is 0 Å². The number of rotatable bonds is 10. The number of imidazole rings is 1. The maximum Gasteiger partial charge on any atom is 0.335 e. The maximum atomic E-state index is 14.2. The molecule has 0 saturated carbocycles. The Morgan fingerprint density at radius 3 is 2.63 bits per heavy atom. The molecule has 0 radical (unpaired) electrons. The van der Waals surface area contributed by atoms with Gasteiger partial charge in [-0.1, -0.05) is 24.3 Å². The van der Waals surface area contributed by atoms with Crippen LogP contribution in [0.15, 0.2) is 83.8 Å². The Hall–Kier alpha value is -5.27. The molecule has 2 heterocycles. The summed E-state index contributed by atoms with van der Waals surface area (Å²) in [5, 5.41) is 9.41. The zero-order valence-corrected chi connectivity index (χ0v) is 22.1. The number of pyridine rings is 1. The van der Waals surface area contributed by atoms with E-state index in [0.29, 0.717) is 46.9 Å². The molecule has 41 heavy (non-hydrogen) atoms. The van der Waals surface area contributed by atoms with Crippen LogP contribution in [0.5, 0.6) is 5.75 Å². The molecule has 2 aromatic heterocycles. The third kappa shape index (κ3) is 6.00. The number of carbonyl (C=O) groups is 1. The number of hydrogen-bond acceptors (Lipinski definition) is 5. The lowest BCUT2D eigenvalue weighted by molar-refractivity contribution is 0.0697. The first-order chi connectivity index (χ1) is 19.9. The van der Waals surface area contributed by atoms with E-state index < -0.39 is 11.8 Å². The van der Waals surface area contributed by atoms with Gasteiger partial charge in [-0.05, 0) is 53.6 Å². The molecule has 0 amide bonds. The fourth-order valence-electron chi connectivity index (χ4n) is 4.48. The minimum Gasteiger partial charge on any atom is -0.489 e. The van der Waals surface area contributed by atoms with Gasteiger partial charge in [-0.3, -0.25) is 4.79 Å². The molecule has 5 rings (SSSR count). The van der Waals surface area contributed by atoms with Gasteiger partial charge in [0.2, 0.25) is 0 Å². The second-order valence-corrected chi connectivity index (χ2v) is 9.27. The average Bonchev–Trinajstić information content (AvgIpc) is 3.32. The largest absolute Gasteiger partial charge is 0.489 e. The minimum atomic E-state index is -1.03. The second kappa shape index (κ2) is 11.9. The van der Waals surface area contributed by atoms with E-state index in [1.165, 1.54) is 28.8 Å². The highest BCUT2D eigenvalue weighted by atomic mass is 19.1. The SMILES string of the molecule is [C-]#[N+]c1ccc(COc2cccc(-c3ccn(Cc4nc5ccc(C(=O)O)cc5n4CCOC)c(=O)c3)c2)c(F)c1. The molecular formula is C31H25FN4O5. The van der Waals surface area contributed by atoms with E-state index in [0.717, 1.165) is 5.56 Å². The number of fused-ring (bicyclic) bond motifs is 1. The number of carboxylic acid groups (broad SMARTS) is 1. The van der Waals surface area contributed by atoms with Crippen molar-refractivity contribution in [3.8, 4) is 16.9 Å². The summed E-state index contributed by atoms with van der Waals surface area (Å²) in [5.74, 6) is -0.428. The van der Waals surface area contributed by atoms with Crippen LogP contribution in [0.4, 0.5) is 10.1 Å². The molecule has 0 fully saturated rings. The van der Waals surface area contributed by atoms with Crippen molar-refractivity contribution < 1.29 is 23.8 Å². The first-order valence-electron chi connectivity index (χ1n) is 12.7. The van der Waals surface area contributed by atoms with Gasteiger partial charge < -0.3 is 23.7 Å². The molecule has 0 aliphatic rings. The number of halogens is 1. The molecule has 3 aromatic carbocycles. The minimum absolute atomic E-state index is 0.00675. The quantitative estimate of drug-likeness (QED) is 0.229. The fourth-order valence-corrected chi connectivity index (χ4v) is 4.48. The molecule has 0 unspecified atom stereocenters. The number of aromatic nitrogens is 3. The molecule has 5 aromatic rings. The monoisotopic (exact) mass is 552 g/mol. The molecule has 9 nitrogen and oxygen atoms in total. The van der Waals surface area contributed by atoms with Gasteiger partial charge in [-0.25, -0.2) is 19.0 Å². The van der Waals surface area contributed by atoms with Crippen LogP contribution < -0.4 is 10.3 Å². The molecule has 0 saturated heterocycles. The molecule has 206 valence electrons. The lowest BCUT2D eigenvalue weighted by atomic mass is 10.1. The van der Waals surface area contributed by atoms with Crippen molar-refractivity contribution >= 4 is 22.7 Å². The number of nitrogens with zero attached hydrogens (tertiary/aromatic N) is 4. The first-order valence-corrected chi connectivity index (χ1v) is 12.7. The Kier molecular flexibility index (Phi) is 7.90. The number of ether oxygens (including phenoxy) is 2. The second-order valence-electron chi connectivity index (χ2n) is 9.27. The molecule has 0 aliphatic heterocycles. The van der Waals surface area contributed by atoms with Crippen LogP contribution in [0.1, 0.15) is 21.7 Å². The number of aromatic carboxylic acids is 1. The van der Waals surface area contributed by atoms with Crippen LogP contribution in [-0.2, 0) is 24.4 Å². The molecule has 0 aliphatic carbocycles. The zero-order valence-electron chi connectivity index (χ0n) is 22.1. The van der Waals surface area contributed by atoms with E-state index in [9.17, 15) is 19.1 Å². The van der Waals surface area contributed by atoms with Gasteiger partial charge in [0.15, 0.2) is 5.69 Å². The lowest BCUT2D eigenvalue weighted by Crippen LogP contribution is -2.21. The summed E-state index contributed by atoms with van der Waals surface area (Å²) in [7, 11) is 1.58. The lowest BCUT2D eigenvalue weighted by Gasteiger charge is -2.12. The summed E-state index contributed by atoms with van der Waals surface area (Å²) in [6, 6.07) is 19.5. The van der Waals surface area contributed by atoms with E-state index in [1.54, 1.807) is 49.7 Å². The number of hydrogen-bond donors (Lipinski definition) is 1. The normalized spacial score (nSPS) is 11.0. The van der Waals surface area contributed by atoms with Crippen molar-refractivity contribution in [3.63, 3.8) is 0 Å². The fraction of sp³-hybridized carbons (Fsp3) is 0.161. The highest BCUT2D eigenvalue weighted by Gasteiger charge is 2.15. The maximum absolute atomic E-state index is 14.2. The van der Waals surface area contributed by atoms with Crippen LogP contribution in [-0.4, -0.2) is 38.9 Å². The van der Waals surface area contributed by atoms with E-state index in [1.807, 2.05) is 16.7 Å². The summed E-state index contributed by atoms with van der Waals surface area (Å²) in [6.07, 6.45) is 1.68. The Morgan fingerprint density at radius 2 is 1.90 bits per heavy atom. The van der Waals surface area contributed by atoms with Gasteiger partial charge in [-0.2, -0.15) is 0 Å². The van der Waals surface area contributed by atoms with Gasteiger partial charge in [0.1, 0.15) is 24.0 Å². The third-order valence-corrected chi connectivity index (χ3v) is 6.63. The van der Waals surface area contributed by atoms with Crippen LogP contribution in [0.25, 0.3) is 27.0 Å². The third-order valence-electron chi connectivity index (χ3n) is 6.63. The summed E-state index contributed by atoms with van der Waals surface area (Å²) in [6.45, 7) is 8.00. The van der Waals surface area contributed by atoms with E-state index in [4.69, 9.17) is 16.0 Å². The Bertz CT molecular complexity index is 1850. The zero-order chi connectivity index (χ0) is 28.9. The molecule has 1 N–H and O–H groups in total. The predicted molar refractivity (Wildman–Crippen MR) is 151 cm³/mol. The van der Waals surface area contributed by atoms with Crippen molar-refractivity contribution in [2.24, 2.45) is 0 Å². The standard InChI is InChI=1S/C31H25FN4O5/c1-33-24-8-6-23(26(32)17-24)19-41-25-5-3-4-20(14-25)21-10-11-35(30(37)16-21)18-29-34-27-9-7-22(31(38)39)15-28(27)36(29)12-13-40-2/h3-11,14-17H,12-13,18-19H2,2H3,(H,38,39). The van der Waals surface area contributed by atoms with Crippen molar-refractivity contribution in [2.75, 3.05) is 13.7 Å². The summed E-state index contributed by atoms with van der Waals surface area (Å²) in [5.41, 5.74) is 3.19. The summed E-state index contributed by atoms with van der Waals surface area (Å²) < 4.78 is 28.6. The van der Waals surface area contributed by atoms with Gasteiger partial charge >= 0.3 is 5.97 Å². The van der Waals surface area contributed by atoms with Gasteiger partial charge in [0.25, 0.3) is 5.56 Å². The molecule has 0 spiro atoms. The molecular weight excluding hydrogens is 527 g/mol. The smallest absolute Gasteiger partial charge is 0.335 e. The predicted octanol–water partition coefficient (Wildman–Crippen LogP) is 5.53. The van der Waals surface area contributed by atoms with Crippen LogP contribution in [0.3, 0.4) is 0 Å². The summed E-state index contributed by atoms with van der Waals surface area (Å²) in [4.78, 5) is 32.5. The van der Waals surface area contributed by atoms with Crippen LogP contribution >= 0.6 is 0 Å². The van der Waals surface area contributed by atoms with Gasteiger partial charge in [-0.15, -0.1) is 0 Å². The molecule has 0 atom stereocenters. The van der Waals surface area contributed by atoms with Crippen LogP contribution in [0, 0.1) is 12.4 Å². The van der Waals surface area contributed by atoms with E-state index in [2.05, 4.69) is 9.83 Å². The molecule has 0 bridgehead atoms. The van der Waals surface area contributed by atoms with Crippen molar-refractivity contribution in [1.29, 1.82) is 0 Å². The molecule has 10 heteroatoms. The van der Waals surface area contributed by atoms with Gasteiger partial charge in [0, 0.05) is 31.5 Å². The topological polar surface area (TPSA) is 99.9 Å². The van der Waals surface area contributed by atoms with Crippen LogP contribution in [0.2, 0.25) is 0 Å². The highest BCUT2D eigenvalue weighted by molar-refractivity contribution is 5.92.